The minimum atomic E-state index is -0.372. The van der Waals surface area contributed by atoms with Gasteiger partial charge in [0.2, 0.25) is 5.89 Å². The van der Waals surface area contributed by atoms with Crippen LogP contribution in [0.5, 0.6) is 0 Å². The molecule has 1 saturated carbocycles. The third kappa shape index (κ3) is 3.85. The highest BCUT2D eigenvalue weighted by Gasteiger charge is 2.21. The maximum Gasteiger partial charge on any atom is 0.268 e. The molecular formula is C16H20N4O3. The fourth-order valence-corrected chi connectivity index (χ4v) is 2.92. The van der Waals surface area contributed by atoms with Gasteiger partial charge in [0, 0.05) is 23.7 Å². The summed E-state index contributed by atoms with van der Waals surface area (Å²) in [5, 5.41) is 6.70. The lowest BCUT2D eigenvalue weighted by molar-refractivity contribution is 0.0941. The Kier molecular flexibility index (Phi) is 4.55. The van der Waals surface area contributed by atoms with Crippen LogP contribution in [0.1, 0.15) is 65.9 Å². The molecule has 0 aliphatic heterocycles. The summed E-state index contributed by atoms with van der Waals surface area (Å²) >= 11 is 0. The lowest BCUT2D eigenvalue weighted by atomic mass is 9.89. The molecule has 0 bridgehead atoms. The Bertz CT molecular complexity index is 744. The van der Waals surface area contributed by atoms with Gasteiger partial charge in [-0.05, 0) is 19.8 Å². The fraction of sp³-hybridized carbons (Fsp3) is 0.500. The quantitative estimate of drug-likeness (QED) is 0.899. The van der Waals surface area contributed by atoms with E-state index in [0.29, 0.717) is 17.5 Å². The number of hydrogen-bond acceptors (Lipinski definition) is 5. The number of nitrogens with one attached hydrogen (secondary N) is 2. The van der Waals surface area contributed by atoms with Gasteiger partial charge < -0.3 is 14.8 Å². The molecule has 1 aliphatic rings. The second-order valence-electron chi connectivity index (χ2n) is 5.98. The van der Waals surface area contributed by atoms with Gasteiger partial charge in [0.15, 0.2) is 11.3 Å². The number of pyridine rings is 1. The average molecular weight is 316 g/mol. The third-order valence-electron chi connectivity index (χ3n) is 4.08. The van der Waals surface area contributed by atoms with Crippen LogP contribution >= 0.6 is 0 Å². The molecule has 7 nitrogen and oxygen atoms in total. The zero-order valence-electron chi connectivity index (χ0n) is 13.1. The number of amides is 1. The number of carbonyl (C=O) groups excluding carboxylic acids is 1. The zero-order valence-corrected chi connectivity index (χ0v) is 13.1. The highest BCUT2D eigenvalue weighted by Crippen LogP contribution is 2.30. The molecule has 7 heteroatoms. The predicted octanol–water partition coefficient (Wildman–Crippen LogP) is 2.04. The van der Waals surface area contributed by atoms with Crippen LogP contribution < -0.4 is 10.7 Å². The summed E-state index contributed by atoms with van der Waals surface area (Å²) in [6, 6.07) is 2.70. The summed E-state index contributed by atoms with van der Waals surface area (Å²) in [5.41, 5.74) is 0.658. The Morgan fingerprint density at radius 3 is 2.87 bits per heavy atom. The van der Waals surface area contributed by atoms with Gasteiger partial charge in [-0.1, -0.05) is 24.4 Å². The second kappa shape index (κ2) is 6.76. The first-order chi connectivity index (χ1) is 11.1. The SMILES string of the molecule is Cc1cc(=O)cc(C(=O)NCc2nc(C3CCCCC3)no2)[nH]1. The maximum atomic E-state index is 12.1. The Balaban J connectivity index is 1.60. The van der Waals surface area contributed by atoms with E-state index in [-0.39, 0.29) is 23.6 Å². The van der Waals surface area contributed by atoms with Crippen molar-refractivity contribution in [1.82, 2.24) is 20.4 Å². The largest absolute Gasteiger partial charge is 0.354 e. The smallest absolute Gasteiger partial charge is 0.268 e. The predicted molar refractivity (Wildman–Crippen MR) is 83.1 cm³/mol. The third-order valence-corrected chi connectivity index (χ3v) is 4.08. The summed E-state index contributed by atoms with van der Waals surface area (Å²) < 4.78 is 5.20. The monoisotopic (exact) mass is 316 g/mol. The zero-order chi connectivity index (χ0) is 16.2. The van der Waals surface area contributed by atoms with Crippen molar-refractivity contribution >= 4 is 5.91 Å². The molecule has 1 aliphatic carbocycles. The van der Waals surface area contributed by atoms with Crippen LogP contribution in [0.2, 0.25) is 0 Å². The highest BCUT2D eigenvalue weighted by molar-refractivity contribution is 5.92. The van der Waals surface area contributed by atoms with Gasteiger partial charge in [-0.2, -0.15) is 4.98 Å². The van der Waals surface area contributed by atoms with E-state index in [1.165, 1.54) is 31.4 Å². The van der Waals surface area contributed by atoms with Gasteiger partial charge in [0.1, 0.15) is 5.69 Å². The van der Waals surface area contributed by atoms with Crippen molar-refractivity contribution in [3.8, 4) is 0 Å². The summed E-state index contributed by atoms with van der Waals surface area (Å²) in [6.07, 6.45) is 5.86. The highest BCUT2D eigenvalue weighted by atomic mass is 16.5. The van der Waals surface area contributed by atoms with Crippen LogP contribution in [0.15, 0.2) is 21.5 Å². The molecule has 0 unspecified atom stereocenters. The Hall–Kier alpha value is -2.44. The number of hydrogen-bond donors (Lipinski definition) is 2. The molecule has 122 valence electrons. The van der Waals surface area contributed by atoms with Crippen molar-refractivity contribution in [1.29, 1.82) is 0 Å². The van der Waals surface area contributed by atoms with Crippen molar-refractivity contribution in [2.75, 3.05) is 0 Å². The molecule has 2 aromatic rings. The number of aromatic amines is 1. The van der Waals surface area contributed by atoms with Crippen LogP contribution in [0.3, 0.4) is 0 Å². The number of rotatable bonds is 4. The van der Waals surface area contributed by atoms with Crippen LogP contribution in [0.25, 0.3) is 0 Å². The molecule has 0 radical (unpaired) electrons. The van der Waals surface area contributed by atoms with E-state index in [1.54, 1.807) is 6.92 Å². The first-order valence-electron chi connectivity index (χ1n) is 7.93. The van der Waals surface area contributed by atoms with Crippen LogP contribution in [0, 0.1) is 6.92 Å². The van der Waals surface area contributed by atoms with E-state index >= 15 is 0 Å². The lowest BCUT2D eigenvalue weighted by Crippen LogP contribution is -2.25. The van der Waals surface area contributed by atoms with Gasteiger partial charge >= 0.3 is 0 Å². The molecule has 2 N–H and O–H groups in total. The Morgan fingerprint density at radius 2 is 2.13 bits per heavy atom. The molecular weight excluding hydrogens is 296 g/mol. The van der Waals surface area contributed by atoms with Crippen LogP contribution in [-0.2, 0) is 6.54 Å². The number of nitrogens with zero attached hydrogens (tertiary/aromatic N) is 2. The van der Waals surface area contributed by atoms with E-state index < -0.39 is 0 Å². The van der Waals surface area contributed by atoms with Crippen molar-refractivity contribution < 1.29 is 9.32 Å². The standard InChI is InChI=1S/C16H20N4O3/c1-10-7-12(21)8-13(18-10)16(22)17-9-14-19-15(20-23-14)11-5-3-2-4-6-11/h7-8,11H,2-6,9H2,1H3,(H,17,22)(H,18,21). The molecule has 1 fully saturated rings. The van der Waals surface area contributed by atoms with Gasteiger partial charge in [-0.3, -0.25) is 9.59 Å². The molecule has 1 amide bonds. The van der Waals surface area contributed by atoms with Gasteiger partial charge in [-0.15, -0.1) is 0 Å². The van der Waals surface area contributed by atoms with Gasteiger partial charge in [0.25, 0.3) is 5.91 Å². The maximum absolute atomic E-state index is 12.1. The molecule has 0 aromatic carbocycles. The topological polar surface area (TPSA) is 101 Å². The average Bonchev–Trinajstić information content (AvgIpc) is 3.01. The molecule has 0 saturated heterocycles. The number of H-pyrrole nitrogens is 1. The summed E-state index contributed by atoms with van der Waals surface area (Å²) in [7, 11) is 0. The number of aromatic nitrogens is 3. The Labute approximate surface area is 133 Å². The molecule has 2 heterocycles. The Morgan fingerprint density at radius 1 is 1.35 bits per heavy atom. The fourth-order valence-electron chi connectivity index (χ4n) is 2.92. The second-order valence-corrected chi connectivity index (χ2v) is 5.98. The summed E-state index contributed by atoms with van der Waals surface area (Å²) in [4.78, 5) is 30.7. The van der Waals surface area contributed by atoms with E-state index in [1.807, 2.05) is 0 Å². The van der Waals surface area contributed by atoms with Crippen molar-refractivity contribution in [2.24, 2.45) is 0 Å². The molecule has 0 atom stereocenters. The van der Waals surface area contributed by atoms with Crippen molar-refractivity contribution in [3.05, 3.63) is 45.5 Å². The molecule has 0 spiro atoms. The van der Waals surface area contributed by atoms with Crippen molar-refractivity contribution in [2.45, 2.75) is 51.5 Å². The van der Waals surface area contributed by atoms with E-state index in [9.17, 15) is 9.59 Å². The molecule has 2 aromatic heterocycles. The normalized spacial score (nSPS) is 15.5. The van der Waals surface area contributed by atoms with Crippen molar-refractivity contribution in [3.63, 3.8) is 0 Å². The van der Waals surface area contributed by atoms with E-state index in [2.05, 4.69) is 20.4 Å². The first kappa shape index (κ1) is 15.5. The first-order valence-corrected chi connectivity index (χ1v) is 7.93. The minimum Gasteiger partial charge on any atom is -0.354 e. The minimum absolute atomic E-state index is 0.147. The van der Waals surface area contributed by atoms with Crippen LogP contribution in [0.4, 0.5) is 0 Å². The summed E-state index contributed by atoms with van der Waals surface area (Å²) in [6.45, 7) is 1.88. The number of aryl methyl sites for hydroxylation is 1. The van der Waals surface area contributed by atoms with Gasteiger partial charge in [-0.25, -0.2) is 0 Å². The molecule has 3 rings (SSSR count). The summed E-state index contributed by atoms with van der Waals surface area (Å²) in [5.74, 6) is 1.11. The van der Waals surface area contributed by atoms with E-state index in [0.717, 1.165) is 18.7 Å². The van der Waals surface area contributed by atoms with Crippen LogP contribution in [-0.4, -0.2) is 21.0 Å². The lowest BCUT2D eigenvalue weighted by Gasteiger charge is -2.17. The van der Waals surface area contributed by atoms with Gasteiger partial charge in [0.05, 0.1) is 6.54 Å². The number of carbonyl (C=O) groups is 1. The van der Waals surface area contributed by atoms with E-state index in [4.69, 9.17) is 4.52 Å². The molecule has 23 heavy (non-hydrogen) atoms.